The van der Waals surface area contributed by atoms with Gasteiger partial charge in [-0.1, -0.05) is 36.9 Å². The molecule has 1 aromatic carbocycles. The summed E-state index contributed by atoms with van der Waals surface area (Å²) < 4.78 is 26.6. The molecule has 0 aliphatic heterocycles. The van der Waals surface area contributed by atoms with Crippen LogP contribution in [0.15, 0.2) is 43.2 Å². The Hall–Kier alpha value is -0.290. The van der Waals surface area contributed by atoms with Gasteiger partial charge in [-0.3, -0.25) is 0 Å². The maximum atomic E-state index is 11.1. The molecule has 0 aliphatic carbocycles. The summed E-state index contributed by atoms with van der Waals surface area (Å²) >= 11 is 0. The van der Waals surface area contributed by atoms with Gasteiger partial charge in [-0.15, -0.1) is 0 Å². The van der Waals surface area contributed by atoms with Crippen LogP contribution in [0.3, 0.4) is 0 Å². The Morgan fingerprint density at radius 3 is 2.36 bits per heavy atom. The van der Waals surface area contributed by atoms with E-state index >= 15 is 0 Å². The van der Waals surface area contributed by atoms with Crippen LogP contribution in [0.1, 0.15) is 5.56 Å². The molecule has 0 atom stereocenters. The zero-order valence-corrected chi connectivity index (χ0v) is 7.83. The molecule has 0 radical (unpaired) electrons. The van der Waals surface area contributed by atoms with E-state index in [1.165, 1.54) is 0 Å². The van der Waals surface area contributed by atoms with E-state index in [1.54, 1.807) is 24.3 Å². The van der Waals surface area contributed by atoms with Gasteiger partial charge in [0.1, 0.15) is 5.75 Å². The molecule has 3 nitrogen and oxygen atoms in total. The third-order valence-corrected chi connectivity index (χ3v) is 2.52. The molecule has 0 fully saturated rings. The summed E-state index contributed by atoms with van der Waals surface area (Å²) in [5.74, 6) is -0.125. The Bertz CT molecular complexity index is 372. The van der Waals surface area contributed by atoms with E-state index in [1.807, 2.05) is 6.07 Å². The summed E-state index contributed by atoms with van der Waals surface area (Å²) in [5, 5.41) is 0. The second kappa shape index (κ2) is 6.24. The summed E-state index contributed by atoms with van der Waals surface area (Å²) in [4.78, 5) is 0. The van der Waals surface area contributed by atoms with Crippen LogP contribution < -0.4 is 0 Å². The van der Waals surface area contributed by atoms with Crippen LogP contribution in [0.25, 0.3) is 0 Å². The Kier molecular flexibility index (Phi) is 6.11. The molecule has 0 heterocycles. The summed E-state index contributed by atoms with van der Waals surface area (Å²) in [6.07, 6.45) is 0.915. The van der Waals surface area contributed by atoms with Crippen LogP contribution in [-0.2, 0) is 20.1 Å². The van der Waals surface area contributed by atoms with Gasteiger partial charge in [0.15, 0.2) is 0 Å². The Morgan fingerprint density at radius 2 is 1.86 bits per heavy atom. The Labute approximate surface area is 106 Å². The zero-order chi connectivity index (χ0) is 9.73. The normalized spacial score (nSPS) is 10.0. The van der Waals surface area contributed by atoms with Crippen molar-refractivity contribution in [1.82, 2.24) is 0 Å². The molecule has 0 amide bonds. The van der Waals surface area contributed by atoms with Gasteiger partial charge in [-0.25, -0.2) is 0 Å². The first-order chi connectivity index (χ1) is 6.14. The van der Waals surface area contributed by atoms with Crippen molar-refractivity contribution in [2.24, 2.45) is 0 Å². The molecular weight excluding hydrogens is 211 g/mol. The molecule has 0 aliphatic rings. The standard InChI is InChI=1S/C9H10O3S.Na.H/c1-2-12-13(10,11)8-9-6-4-3-5-7-9;;/h2-7H,1,8H2;;. The first-order valence-corrected chi connectivity index (χ1v) is 5.27. The second-order valence-electron chi connectivity index (χ2n) is 2.45. The Morgan fingerprint density at radius 1 is 1.29 bits per heavy atom. The van der Waals surface area contributed by atoms with Crippen molar-refractivity contribution >= 4 is 39.7 Å². The number of hydrogen-bond donors (Lipinski definition) is 0. The topological polar surface area (TPSA) is 43.4 Å². The summed E-state index contributed by atoms with van der Waals surface area (Å²) in [7, 11) is -3.50. The molecule has 14 heavy (non-hydrogen) atoms. The van der Waals surface area contributed by atoms with Crippen molar-refractivity contribution in [3.05, 3.63) is 48.7 Å². The van der Waals surface area contributed by atoms with Crippen molar-refractivity contribution in [3.63, 3.8) is 0 Å². The predicted octanol–water partition coefficient (Wildman–Crippen LogP) is 1.03. The van der Waals surface area contributed by atoms with Crippen LogP contribution in [0.2, 0.25) is 0 Å². The van der Waals surface area contributed by atoms with Crippen molar-refractivity contribution in [2.75, 3.05) is 0 Å². The van der Waals surface area contributed by atoms with Crippen LogP contribution >= 0.6 is 0 Å². The van der Waals surface area contributed by atoms with Crippen molar-refractivity contribution in [2.45, 2.75) is 5.75 Å². The van der Waals surface area contributed by atoms with Crippen LogP contribution in [0, 0.1) is 0 Å². The molecule has 72 valence electrons. The molecule has 1 rings (SSSR count). The van der Waals surface area contributed by atoms with Gasteiger partial charge < -0.3 is 4.18 Å². The van der Waals surface area contributed by atoms with Gasteiger partial charge in [0.05, 0.1) is 6.26 Å². The molecule has 0 aromatic heterocycles. The van der Waals surface area contributed by atoms with Gasteiger partial charge in [0, 0.05) is 0 Å². The number of benzene rings is 1. The summed E-state index contributed by atoms with van der Waals surface area (Å²) in [6, 6.07) is 8.83. The van der Waals surface area contributed by atoms with Crippen LogP contribution in [-0.4, -0.2) is 38.0 Å². The molecule has 0 spiro atoms. The minimum atomic E-state index is -3.50. The summed E-state index contributed by atoms with van der Waals surface area (Å²) in [5.41, 5.74) is 0.698. The monoisotopic (exact) mass is 222 g/mol. The molecule has 0 saturated carbocycles. The molecule has 1 aromatic rings. The molecule has 0 bridgehead atoms. The van der Waals surface area contributed by atoms with Gasteiger partial charge >= 0.3 is 39.7 Å². The van der Waals surface area contributed by atoms with E-state index in [-0.39, 0.29) is 35.3 Å². The van der Waals surface area contributed by atoms with Crippen LogP contribution in [0.4, 0.5) is 0 Å². The fourth-order valence-corrected chi connectivity index (χ4v) is 1.79. The third-order valence-electron chi connectivity index (χ3n) is 1.40. The van der Waals surface area contributed by atoms with Crippen molar-refractivity contribution < 1.29 is 12.6 Å². The van der Waals surface area contributed by atoms with Gasteiger partial charge in [0.25, 0.3) is 0 Å². The molecule has 0 saturated heterocycles. The quantitative estimate of drug-likeness (QED) is 0.434. The second-order valence-corrected chi connectivity index (χ2v) is 4.05. The van der Waals surface area contributed by atoms with E-state index < -0.39 is 10.1 Å². The van der Waals surface area contributed by atoms with Crippen molar-refractivity contribution in [3.8, 4) is 0 Å². The van der Waals surface area contributed by atoms with Gasteiger partial charge in [-0.05, 0) is 5.56 Å². The fourth-order valence-electron chi connectivity index (χ4n) is 0.916. The van der Waals surface area contributed by atoms with Gasteiger partial charge in [-0.2, -0.15) is 8.42 Å². The molecular formula is C9H11NaO3S. The average molecular weight is 222 g/mol. The van der Waals surface area contributed by atoms with E-state index in [2.05, 4.69) is 10.8 Å². The molecule has 5 heteroatoms. The van der Waals surface area contributed by atoms with Gasteiger partial charge in [0.2, 0.25) is 0 Å². The minimum absolute atomic E-state index is 0. The SMILES string of the molecule is C=COS(=O)(=O)Cc1ccccc1.[NaH]. The zero-order valence-electron chi connectivity index (χ0n) is 7.01. The fraction of sp³-hybridized carbons (Fsp3) is 0.111. The first kappa shape index (κ1) is 13.7. The Balaban J connectivity index is 0.00000169. The molecule has 0 N–H and O–H groups in total. The predicted molar refractivity (Wildman–Crippen MR) is 57.5 cm³/mol. The molecule has 0 unspecified atom stereocenters. The maximum absolute atomic E-state index is 11.1. The first-order valence-electron chi connectivity index (χ1n) is 3.70. The van der Waals surface area contributed by atoms with E-state index in [9.17, 15) is 8.42 Å². The third kappa shape index (κ3) is 4.81. The van der Waals surface area contributed by atoms with E-state index in [0.717, 1.165) is 6.26 Å². The van der Waals surface area contributed by atoms with Crippen LogP contribution in [0.5, 0.6) is 0 Å². The number of hydrogen-bond acceptors (Lipinski definition) is 3. The number of rotatable bonds is 4. The van der Waals surface area contributed by atoms with E-state index in [4.69, 9.17) is 0 Å². The average Bonchev–Trinajstić information content (AvgIpc) is 2.04. The van der Waals surface area contributed by atoms with Crippen molar-refractivity contribution in [1.29, 1.82) is 0 Å². The summed E-state index contributed by atoms with van der Waals surface area (Å²) in [6.45, 7) is 3.19. The van der Waals surface area contributed by atoms with E-state index in [0.29, 0.717) is 5.56 Å².